The number of carboxylic acid groups (broad SMARTS) is 1. The molecule has 0 bridgehead atoms. The van der Waals surface area contributed by atoms with Crippen molar-refractivity contribution in [3.8, 4) is 17.2 Å². The number of benzene rings is 2. The van der Waals surface area contributed by atoms with Crippen molar-refractivity contribution >= 4 is 29.3 Å². The van der Waals surface area contributed by atoms with E-state index in [1.54, 1.807) is 30.7 Å². The molecule has 0 unspecified atom stereocenters. The molecule has 0 fully saturated rings. The Morgan fingerprint density at radius 3 is 2.62 bits per heavy atom. The van der Waals surface area contributed by atoms with Crippen molar-refractivity contribution in [1.29, 1.82) is 0 Å². The fourth-order valence-electron chi connectivity index (χ4n) is 3.02. The van der Waals surface area contributed by atoms with Gasteiger partial charge < -0.3 is 23.9 Å². The van der Waals surface area contributed by atoms with Gasteiger partial charge in [0, 0.05) is 16.0 Å². The number of aromatic nitrogens is 2. The zero-order valence-corrected chi connectivity index (χ0v) is 17.2. The van der Waals surface area contributed by atoms with E-state index < -0.39 is 5.97 Å². The first-order chi connectivity index (χ1) is 14.0. The van der Waals surface area contributed by atoms with Gasteiger partial charge in [-0.1, -0.05) is 23.4 Å². The smallest absolute Gasteiger partial charge is 0.355 e. The maximum atomic E-state index is 12.0. The monoisotopic (exact) mass is 432 g/mol. The molecular formula is C20H17ClN2O5S. The van der Waals surface area contributed by atoms with Crippen LogP contribution in [0.2, 0.25) is 5.02 Å². The van der Waals surface area contributed by atoms with Crippen LogP contribution in [0.1, 0.15) is 21.9 Å². The molecule has 7 nitrogen and oxygen atoms in total. The van der Waals surface area contributed by atoms with Gasteiger partial charge in [-0.05, 0) is 42.8 Å². The Kier molecular flexibility index (Phi) is 5.29. The highest BCUT2D eigenvalue weighted by Gasteiger charge is 2.24. The lowest BCUT2D eigenvalue weighted by molar-refractivity contribution is 0.0681. The summed E-state index contributed by atoms with van der Waals surface area (Å²) < 4.78 is 17.5. The van der Waals surface area contributed by atoms with Crippen molar-refractivity contribution in [3.63, 3.8) is 0 Å². The number of carboxylic acids is 1. The minimum atomic E-state index is -1.06. The second kappa shape index (κ2) is 7.88. The molecule has 0 saturated carbocycles. The summed E-state index contributed by atoms with van der Waals surface area (Å²) in [6, 6.07) is 10.8. The molecule has 2 aromatic carbocycles. The molecule has 0 radical (unpaired) electrons. The average molecular weight is 433 g/mol. The Morgan fingerprint density at radius 1 is 1.28 bits per heavy atom. The highest BCUT2D eigenvalue weighted by Crippen LogP contribution is 2.38. The summed E-state index contributed by atoms with van der Waals surface area (Å²) in [5, 5.41) is 10.7. The molecule has 0 spiro atoms. The van der Waals surface area contributed by atoms with Gasteiger partial charge in [0.15, 0.2) is 17.2 Å². The highest BCUT2D eigenvalue weighted by atomic mass is 35.5. The Balaban J connectivity index is 1.68. The standard InChI is InChI=1S/C20H17ClN2O5S/c1-11-22-19(29-14-5-3-13(26-2)4-6-14)18(20(24)25)23(11)9-12-7-16-17(8-15(12)21)28-10-27-16/h3-8H,9-10H2,1-2H3,(H,24,25). The zero-order chi connectivity index (χ0) is 20.5. The van der Waals surface area contributed by atoms with Gasteiger partial charge in [-0.15, -0.1) is 0 Å². The number of halogens is 1. The fourth-order valence-corrected chi connectivity index (χ4v) is 4.20. The fraction of sp³-hybridized carbons (Fsp3) is 0.200. The number of aromatic carboxylic acids is 1. The van der Waals surface area contributed by atoms with Gasteiger partial charge in [0.2, 0.25) is 6.79 Å². The van der Waals surface area contributed by atoms with Gasteiger partial charge in [-0.2, -0.15) is 0 Å². The van der Waals surface area contributed by atoms with Gasteiger partial charge in [0.1, 0.15) is 16.6 Å². The number of hydrogen-bond donors (Lipinski definition) is 1. The third-order valence-corrected chi connectivity index (χ3v) is 5.81. The summed E-state index contributed by atoms with van der Waals surface area (Å²) in [4.78, 5) is 17.4. The van der Waals surface area contributed by atoms with E-state index in [1.165, 1.54) is 11.8 Å². The first kappa shape index (κ1) is 19.5. The summed E-state index contributed by atoms with van der Waals surface area (Å²) in [7, 11) is 1.59. The molecule has 3 aromatic rings. The second-order valence-electron chi connectivity index (χ2n) is 6.28. The Hall–Kier alpha value is -2.84. The van der Waals surface area contributed by atoms with Gasteiger partial charge >= 0.3 is 5.97 Å². The van der Waals surface area contributed by atoms with E-state index in [9.17, 15) is 9.90 Å². The topological polar surface area (TPSA) is 82.8 Å². The second-order valence-corrected chi connectivity index (χ2v) is 7.75. The van der Waals surface area contributed by atoms with E-state index in [-0.39, 0.29) is 19.0 Å². The average Bonchev–Trinajstić information content (AvgIpc) is 3.26. The molecular weight excluding hydrogens is 416 g/mol. The van der Waals surface area contributed by atoms with Crippen molar-refractivity contribution in [2.24, 2.45) is 0 Å². The predicted octanol–water partition coefficient (Wildman–Crippen LogP) is 4.48. The van der Waals surface area contributed by atoms with Crippen molar-refractivity contribution in [1.82, 2.24) is 9.55 Å². The van der Waals surface area contributed by atoms with E-state index in [4.69, 9.17) is 25.8 Å². The summed E-state index contributed by atoms with van der Waals surface area (Å²) in [5.74, 6) is 1.42. The molecule has 2 heterocycles. The van der Waals surface area contributed by atoms with E-state index in [1.807, 2.05) is 24.3 Å². The van der Waals surface area contributed by atoms with Crippen LogP contribution in [0.15, 0.2) is 46.3 Å². The van der Waals surface area contributed by atoms with Crippen LogP contribution < -0.4 is 14.2 Å². The molecule has 0 atom stereocenters. The van der Waals surface area contributed by atoms with Crippen LogP contribution in [0.3, 0.4) is 0 Å². The Bertz CT molecular complexity index is 1080. The third kappa shape index (κ3) is 3.86. The molecule has 0 saturated heterocycles. The molecule has 9 heteroatoms. The van der Waals surface area contributed by atoms with E-state index >= 15 is 0 Å². The number of hydrogen-bond acceptors (Lipinski definition) is 6. The molecule has 150 valence electrons. The van der Waals surface area contributed by atoms with Crippen LogP contribution in [0, 0.1) is 6.92 Å². The maximum absolute atomic E-state index is 12.0. The van der Waals surface area contributed by atoms with Crippen molar-refractivity contribution in [2.45, 2.75) is 23.4 Å². The van der Waals surface area contributed by atoms with E-state index in [0.29, 0.717) is 27.4 Å². The largest absolute Gasteiger partial charge is 0.497 e. The van der Waals surface area contributed by atoms with Crippen molar-refractivity contribution in [2.75, 3.05) is 13.9 Å². The molecule has 1 aliphatic heterocycles. The number of methoxy groups -OCH3 is 1. The lowest BCUT2D eigenvalue weighted by Gasteiger charge is -2.11. The lowest BCUT2D eigenvalue weighted by atomic mass is 10.2. The van der Waals surface area contributed by atoms with Crippen LogP contribution in [0.4, 0.5) is 0 Å². The van der Waals surface area contributed by atoms with E-state index in [0.717, 1.165) is 16.2 Å². The maximum Gasteiger partial charge on any atom is 0.355 e. The minimum absolute atomic E-state index is 0.108. The molecule has 1 aliphatic rings. The summed E-state index contributed by atoms with van der Waals surface area (Å²) in [6.07, 6.45) is 0. The molecule has 0 amide bonds. The summed E-state index contributed by atoms with van der Waals surface area (Å²) >= 11 is 7.66. The van der Waals surface area contributed by atoms with Gasteiger partial charge in [0.25, 0.3) is 0 Å². The SMILES string of the molecule is COc1ccc(Sc2nc(C)n(Cc3cc4c(cc3Cl)OCO4)c2C(=O)O)cc1. The van der Waals surface area contributed by atoms with Crippen LogP contribution in [0.5, 0.6) is 17.2 Å². The zero-order valence-electron chi connectivity index (χ0n) is 15.6. The number of imidazole rings is 1. The van der Waals surface area contributed by atoms with Crippen LogP contribution in [-0.2, 0) is 6.54 Å². The van der Waals surface area contributed by atoms with Gasteiger partial charge in [-0.3, -0.25) is 0 Å². The Morgan fingerprint density at radius 2 is 1.97 bits per heavy atom. The summed E-state index contributed by atoms with van der Waals surface area (Å²) in [6.45, 7) is 2.16. The minimum Gasteiger partial charge on any atom is -0.497 e. The Labute approximate surface area is 176 Å². The molecule has 29 heavy (non-hydrogen) atoms. The molecule has 1 aromatic heterocycles. The van der Waals surface area contributed by atoms with Gasteiger partial charge in [-0.25, -0.2) is 9.78 Å². The number of fused-ring (bicyclic) bond motifs is 1. The summed E-state index contributed by atoms with van der Waals surface area (Å²) in [5.41, 5.74) is 0.831. The normalized spacial score (nSPS) is 12.2. The number of ether oxygens (including phenoxy) is 3. The van der Waals surface area contributed by atoms with Crippen LogP contribution in [0.25, 0.3) is 0 Å². The quantitative estimate of drug-likeness (QED) is 0.614. The van der Waals surface area contributed by atoms with Gasteiger partial charge in [0.05, 0.1) is 13.7 Å². The molecule has 0 aliphatic carbocycles. The van der Waals surface area contributed by atoms with Crippen molar-refractivity contribution < 1.29 is 24.1 Å². The van der Waals surface area contributed by atoms with Crippen molar-refractivity contribution in [3.05, 3.63) is 58.5 Å². The first-order valence-electron chi connectivity index (χ1n) is 8.66. The van der Waals surface area contributed by atoms with Crippen LogP contribution >= 0.6 is 23.4 Å². The third-order valence-electron chi connectivity index (χ3n) is 4.47. The highest BCUT2D eigenvalue weighted by molar-refractivity contribution is 7.99. The predicted molar refractivity (Wildman–Crippen MR) is 108 cm³/mol. The number of carbonyl (C=O) groups is 1. The van der Waals surface area contributed by atoms with Crippen LogP contribution in [-0.4, -0.2) is 34.5 Å². The lowest BCUT2D eigenvalue weighted by Crippen LogP contribution is -2.12. The molecule has 1 N–H and O–H groups in total. The number of rotatable bonds is 6. The molecule has 4 rings (SSSR count). The number of nitrogens with zero attached hydrogens (tertiary/aromatic N) is 2. The first-order valence-corrected chi connectivity index (χ1v) is 9.86. The van der Waals surface area contributed by atoms with E-state index in [2.05, 4.69) is 4.98 Å². The number of aryl methyl sites for hydroxylation is 1.